The average molecular weight is 409 g/mol. The third-order valence-electron chi connectivity index (χ3n) is 5.25. The summed E-state index contributed by atoms with van der Waals surface area (Å²) in [7, 11) is 0. The Labute approximate surface area is 171 Å². The number of nitrogens with one attached hydrogen (secondary N) is 1. The average Bonchev–Trinajstić information content (AvgIpc) is 3.10. The van der Waals surface area contributed by atoms with Gasteiger partial charge in [-0.2, -0.15) is 0 Å². The van der Waals surface area contributed by atoms with Crippen molar-refractivity contribution in [1.29, 1.82) is 0 Å². The van der Waals surface area contributed by atoms with Crippen molar-refractivity contribution in [3.05, 3.63) is 76.1 Å². The van der Waals surface area contributed by atoms with Crippen LogP contribution in [-0.2, 0) is 33.7 Å². The number of fused-ring (bicyclic) bond motifs is 2. The van der Waals surface area contributed by atoms with Crippen molar-refractivity contribution in [1.82, 2.24) is 14.9 Å². The van der Waals surface area contributed by atoms with Gasteiger partial charge in [0.2, 0.25) is 5.91 Å². The fourth-order valence-corrected chi connectivity index (χ4v) is 3.87. The number of carbonyl (C=O) groups excluding carboxylic acids is 2. The standard InChI is InChI=1S/C22H20FN3O4/c1-2-30-21(29)22(10-14-5-3-4-6-15(14)11-22)25-19(27)12-26-13-24-18-8-7-16(23)9-17(18)20(26)28/h3-9,13H,2,10-12H2,1H3,(H,25,27). The summed E-state index contributed by atoms with van der Waals surface area (Å²) in [6.07, 6.45) is 1.86. The molecule has 4 rings (SSSR count). The summed E-state index contributed by atoms with van der Waals surface area (Å²) in [5, 5.41) is 2.87. The predicted molar refractivity (Wildman–Crippen MR) is 107 cm³/mol. The van der Waals surface area contributed by atoms with Crippen LogP contribution in [0.25, 0.3) is 10.9 Å². The van der Waals surface area contributed by atoms with Crippen LogP contribution in [-0.4, -0.2) is 33.6 Å². The van der Waals surface area contributed by atoms with Crippen LogP contribution in [0.1, 0.15) is 18.1 Å². The van der Waals surface area contributed by atoms with E-state index in [0.717, 1.165) is 21.8 Å². The summed E-state index contributed by atoms with van der Waals surface area (Å²) in [6, 6.07) is 11.3. The molecular formula is C22H20FN3O4. The second-order valence-electron chi connectivity index (χ2n) is 7.31. The number of rotatable bonds is 5. The van der Waals surface area contributed by atoms with E-state index in [2.05, 4.69) is 10.3 Å². The Balaban J connectivity index is 1.60. The summed E-state index contributed by atoms with van der Waals surface area (Å²) < 4.78 is 19.8. The van der Waals surface area contributed by atoms with Crippen LogP contribution >= 0.6 is 0 Å². The highest BCUT2D eigenvalue weighted by Gasteiger charge is 2.46. The fourth-order valence-electron chi connectivity index (χ4n) is 3.87. The number of nitrogens with zero attached hydrogens (tertiary/aromatic N) is 2. The second kappa shape index (κ2) is 7.70. The molecule has 3 aromatic rings. The van der Waals surface area contributed by atoms with Gasteiger partial charge in [-0.1, -0.05) is 24.3 Å². The van der Waals surface area contributed by atoms with Crippen LogP contribution in [0, 0.1) is 5.82 Å². The third-order valence-corrected chi connectivity index (χ3v) is 5.25. The third kappa shape index (κ3) is 3.56. The molecule has 0 bridgehead atoms. The first kappa shape index (κ1) is 19.8. The van der Waals surface area contributed by atoms with Gasteiger partial charge in [-0.3, -0.25) is 14.2 Å². The zero-order valence-electron chi connectivity index (χ0n) is 16.4. The highest BCUT2D eigenvalue weighted by atomic mass is 19.1. The van der Waals surface area contributed by atoms with E-state index in [1.807, 2.05) is 24.3 Å². The van der Waals surface area contributed by atoms with Crippen LogP contribution in [0.15, 0.2) is 53.6 Å². The van der Waals surface area contributed by atoms with E-state index < -0.39 is 28.8 Å². The number of aromatic nitrogens is 2. The van der Waals surface area contributed by atoms with E-state index in [9.17, 15) is 18.8 Å². The van der Waals surface area contributed by atoms with Gasteiger partial charge >= 0.3 is 5.97 Å². The van der Waals surface area contributed by atoms with Gasteiger partial charge in [0.25, 0.3) is 5.56 Å². The van der Waals surface area contributed by atoms with Crippen molar-refractivity contribution in [3.63, 3.8) is 0 Å². The predicted octanol–water partition coefficient (Wildman–Crippen LogP) is 1.75. The van der Waals surface area contributed by atoms with Crippen molar-refractivity contribution in [3.8, 4) is 0 Å². The minimum atomic E-state index is -1.23. The molecule has 1 N–H and O–H groups in total. The Bertz CT molecular complexity index is 1180. The van der Waals surface area contributed by atoms with E-state index in [1.165, 1.54) is 18.5 Å². The summed E-state index contributed by atoms with van der Waals surface area (Å²) in [5.41, 5.74) is 0.509. The molecule has 7 nitrogen and oxygen atoms in total. The quantitative estimate of drug-likeness (QED) is 0.649. The molecule has 2 aromatic carbocycles. The van der Waals surface area contributed by atoms with Crippen LogP contribution in [0.4, 0.5) is 4.39 Å². The molecule has 1 heterocycles. The maximum Gasteiger partial charge on any atom is 0.332 e. The van der Waals surface area contributed by atoms with Gasteiger partial charge in [-0.25, -0.2) is 14.2 Å². The minimum absolute atomic E-state index is 0.0821. The zero-order chi connectivity index (χ0) is 21.3. The first-order valence-corrected chi connectivity index (χ1v) is 9.61. The molecule has 0 radical (unpaired) electrons. The van der Waals surface area contributed by atoms with Gasteiger partial charge in [0.1, 0.15) is 17.9 Å². The van der Waals surface area contributed by atoms with Gasteiger partial charge in [0, 0.05) is 12.8 Å². The Hall–Kier alpha value is -3.55. The molecule has 0 saturated heterocycles. The topological polar surface area (TPSA) is 90.3 Å². The zero-order valence-corrected chi connectivity index (χ0v) is 16.4. The molecule has 8 heteroatoms. The maximum atomic E-state index is 13.5. The lowest BCUT2D eigenvalue weighted by atomic mass is 9.95. The summed E-state index contributed by atoms with van der Waals surface area (Å²) >= 11 is 0. The lowest BCUT2D eigenvalue weighted by Gasteiger charge is -2.28. The first-order chi connectivity index (χ1) is 14.4. The lowest BCUT2D eigenvalue weighted by Crippen LogP contribution is -2.57. The highest BCUT2D eigenvalue weighted by molar-refractivity contribution is 5.90. The van der Waals surface area contributed by atoms with Crippen molar-refractivity contribution in [2.75, 3.05) is 6.61 Å². The summed E-state index contributed by atoms with van der Waals surface area (Å²) in [5.74, 6) is -1.61. The summed E-state index contributed by atoms with van der Waals surface area (Å²) in [6.45, 7) is 1.54. The van der Waals surface area contributed by atoms with Crippen LogP contribution in [0.2, 0.25) is 0 Å². The molecule has 0 atom stereocenters. The number of carbonyl (C=O) groups is 2. The SMILES string of the molecule is CCOC(=O)C1(NC(=O)Cn2cnc3ccc(F)cc3c2=O)Cc2ccccc2C1. The van der Waals surface area contributed by atoms with E-state index >= 15 is 0 Å². The molecule has 0 aliphatic heterocycles. The first-order valence-electron chi connectivity index (χ1n) is 9.61. The Kier molecular flexibility index (Phi) is 5.07. The van der Waals surface area contributed by atoms with Crippen LogP contribution in [0.3, 0.4) is 0 Å². The fraction of sp³-hybridized carbons (Fsp3) is 0.273. The van der Waals surface area contributed by atoms with Crippen molar-refractivity contribution >= 4 is 22.8 Å². The number of hydrogen-bond acceptors (Lipinski definition) is 5. The lowest BCUT2D eigenvalue weighted by molar-refractivity contribution is -0.153. The Morgan fingerprint density at radius 2 is 1.90 bits per heavy atom. The van der Waals surface area contributed by atoms with Gasteiger partial charge in [0.15, 0.2) is 0 Å². The van der Waals surface area contributed by atoms with Crippen molar-refractivity contribution in [2.24, 2.45) is 0 Å². The molecule has 0 spiro atoms. The molecule has 1 aromatic heterocycles. The molecule has 1 aliphatic rings. The molecule has 1 amide bonds. The number of esters is 1. The van der Waals surface area contributed by atoms with E-state index in [1.54, 1.807) is 6.92 Å². The van der Waals surface area contributed by atoms with Gasteiger partial charge < -0.3 is 10.1 Å². The van der Waals surface area contributed by atoms with Crippen LogP contribution < -0.4 is 10.9 Å². The summed E-state index contributed by atoms with van der Waals surface area (Å²) in [4.78, 5) is 42.3. The molecule has 0 saturated carbocycles. The van der Waals surface area contributed by atoms with E-state index in [0.29, 0.717) is 18.4 Å². The van der Waals surface area contributed by atoms with Crippen molar-refractivity contribution < 1.29 is 18.7 Å². The van der Waals surface area contributed by atoms with E-state index in [4.69, 9.17) is 4.74 Å². The molecule has 1 aliphatic carbocycles. The van der Waals surface area contributed by atoms with E-state index in [-0.39, 0.29) is 18.5 Å². The van der Waals surface area contributed by atoms with Crippen molar-refractivity contribution in [2.45, 2.75) is 31.8 Å². The number of benzene rings is 2. The molecule has 30 heavy (non-hydrogen) atoms. The number of ether oxygens (including phenoxy) is 1. The minimum Gasteiger partial charge on any atom is -0.464 e. The number of halogens is 1. The smallest absolute Gasteiger partial charge is 0.332 e. The monoisotopic (exact) mass is 409 g/mol. The molecular weight excluding hydrogens is 389 g/mol. The normalized spacial score (nSPS) is 14.3. The largest absolute Gasteiger partial charge is 0.464 e. The van der Waals surface area contributed by atoms with Crippen LogP contribution in [0.5, 0.6) is 0 Å². The Morgan fingerprint density at radius 1 is 1.20 bits per heavy atom. The Morgan fingerprint density at radius 3 is 2.57 bits per heavy atom. The molecule has 0 fully saturated rings. The maximum absolute atomic E-state index is 13.5. The van der Waals surface area contributed by atoms with Gasteiger partial charge in [-0.05, 0) is 36.2 Å². The molecule has 0 unspecified atom stereocenters. The second-order valence-corrected chi connectivity index (χ2v) is 7.31. The molecule has 154 valence electrons. The highest BCUT2D eigenvalue weighted by Crippen LogP contribution is 2.31. The van der Waals surface area contributed by atoms with Gasteiger partial charge in [-0.15, -0.1) is 0 Å². The number of hydrogen-bond donors (Lipinski definition) is 1. The van der Waals surface area contributed by atoms with Gasteiger partial charge in [0.05, 0.1) is 23.8 Å². The number of amides is 1.